The predicted molar refractivity (Wildman–Crippen MR) is 77.9 cm³/mol. The second-order valence-corrected chi connectivity index (χ2v) is 4.93. The Labute approximate surface area is 121 Å². The zero-order valence-corrected chi connectivity index (χ0v) is 12.0. The molecule has 0 aliphatic carbocycles. The second-order valence-electron chi connectivity index (χ2n) is 4.50. The van der Waals surface area contributed by atoms with Gasteiger partial charge in [0, 0.05) is 5.02 Å². The maximum absolute atomic E-state index is 11.0. The van der Waals surface area contributed by atoms with Gasteiger partial charge in [-0.25, -0.2) is 4.68 Å². The molecule has 1 aromatic heterocycles. The molecule has 2 aromatic rings. The Morgan fingerprint density at radius 2 is 2.05 bits per heavy atom. The molecular formula is C13H15ClN4O2. The fourth-order valence-corrected chi connectivity index (χ4v) is 2.38. The summed E-state index contributed by atoms with van der Waals surface area (Å²) in [5.41, 5.74) is 7.03. The third-order valence-electron chi connectivity index (χ3n) is 3.21. The third-order valence-corrected chi connectivity index (χ3v) is 3.46. The number of benzene rings is 1. The first-order valence-electron chi connectivity index (χ1n) is 6.20. The van der Waals surface area contributed by atoms with Gasteiger partial charge in [0.1, 0.15) is 5.69 Å². The van der Waals surface area contributed by atoms with E-state index in [1.807, 2.05) is 19.1 Å². The van der Waals surface area contributed by atoms with Gasteiger partial charge in [-0.1, -0.05) is 30.7 Å². The van der Waals surface area contributed by atoms with Crippen molar-refractivity contribution in [2.45, 2.75) is 26.3 Å². The van der Waals surface area contributed by atoms with Crippen molar-refractivity contribution in [3.05, 3.63) is 50.7 Å². The van der Waals surface area contributed by atoms with Crippen molar-refractivity contribution in [3.8, 4) is 0 Å². The molecule has 1 aromatic carbocycles. The normalized spacial score (nSPS) is 12.3. The zero-order valence-electron chi connectivity index (χ0n) is 11.2. The number of hydrogen-bond acceptors (Lipinski definition) is 4. The summed E-state index contributed by atoms with van der Waals surface area (Å²) in [6.45, 7) is 3.56. The molecule has 1 heterocycles. The van der Waals surface area contributed by atoms with Crippen LogP contribution in [0.3, 0.4) is 0 Å². The number of nitro groups is 1. The maximum Gasteiger partial charge on any atom is 0.333 e. The first-order valence-corrected chi connectivity index (χ1v) is 6.58. The lowest BCUT2D eigenvalue weighted by Gasteiger charge is -2.17. The third kappa shape index (κ3) is 2.46. The lowest BCUT2D eigenvalue weighted by Crippen LogP contribution is -2.14. The molecule has 0 saturated carbocycles. The average molecular weight is 295 g/mol. The number of anilines is 1. The highest BCUT2D eigenvalue weighted by Crippen LogP contribution is 2.32. The number of nitrogens with zero attached hydrogens (tertiary/aromatic N) is 3. The van der Waals surface area contributed by atoms with E-state index in [1.165, 1.54) is 4.68 Å². The highest BCUT2D eigenvalue weighted by molar-refractivity contribution is 6.30. The summed E-state index contributed by atoms with van der Waals surface area (Å²) in [6, 6.07) is 7.15. The zero-order chi connectivity index (χ0) is 14.9. The van der Waals surface area contributed by atoms with Gasteiger partial charge >= 0.3 is 5.69 Å². The summed E-state index contributed by atoms with van der Waals surface area (Å²) in [4.78, 5) is 10.5. The van der Waals surface area contributed by atoms with Gasteiger partial charge in [0.2, 0.25) is 5.82 Å². The molecule has 0 amide bonds. The molecule has 0 aliphatic heterocycles. The summed E-state index contributed by atoms with van der Waals surface area (Å²) in [5, 5.41) is 15.9. The van der Waals surface area contributed by atoms with Crippen LogP contribution in [0.1, 0.15) is 30.6 Å². The van der Waals surface area contributed by atoms with Crippen molar-refractivity contribution in [3.63, 3.8) is 0 Å². The van der Waals surface area contributed by atoms with Crippen molar-refractivity contribution in [2.24, 2.45) is 0 Å². The van der Waals surface area contributed by atoms with E-state index in [1.54, 1.807) is 19.1 Å². The van der Waals surface area contributed by atoms with E-state index in [4.69, 9.17) is 17.3 Å². The van der Waals surface area contributed by atoms with Crippen LogP contribution in [0.4, 0.5) is 11.5 Å². The van der Waals surface area contributed by atoms with Gasteiger partial charge < -0.3 is 5.73 Å². The van der Waals surface area contributed by atoms with Crippen molar-refractivity contribution < 1.29 is 4.92 Å². The van der Waals surface area contributed by atoms with Crippen LogP contribution in [0.5, 0.6) is 0 Å². The largest absolute Gasteiger partial charge is 0.378 e. The van der Waals surface area contributed by atoms with Gasteiger partial charge in [-0.2, -0.15) is 5.10 Å². The summed E-state index contributed by atoms with van der Waals surface area (Å²) < 4.78 is 1.51. The number of nitrogens with two attached hydrogens (primary N) is 1. The molecule has 2 N–H and O–H groups in total. The Bertz CT molecular complexity index is 637. The minimum Gasteiger partial charge on any atom is -0.378 e. The SMILES string of the molecule is CCC(c1ccc(Cl)cc1)n1nc(C)c([N+](=O)[O-])c1N. The molecule has 0 aliphatic rings. The van der Waals surface area contributed by atoms with Gasteiger partial charge in [-0.3, -0.25) is 10.1 Å². The van der Waals surface area contributed by atoms with Crippen molar-refractivity contribution in [1.29, 1.82) is 0 Å². The standard InChI is InChI=1S/C13H15ClN4O2/c1-3-11(9-4-6-10(14)7-5-9)17-13(15)12(18(19)20)8(2)16-17/h4-7,11H,3,15H2,1-2H3. The molecule has 1 atom stereocenters. The highest BCUT2D eigenvalue weighted by Gasteiger charge is 2.26. The molecule has 0 fully saturated rings. The van der Waals surface area contributed by atoms with E-state index in [-0.39, 0.29) is 17.5 Å². The van der Waals surface area contributed by atoms with Crippen LogP contribution in [0.25, 0.3) is 0 Å². The Hall–Kier alpha value is -2.08. The average Bonchev–Trinajstić information content (AvgIpc) is 2.68. The minimum atomic E-state index is -0.497. The van der Waals surface area contributed by atoms with Crippen LogP contribution in [0, 0.1) is 17.0 Å². The van der Waals surface area contributed by atoms with Gasteiger partial charge in [-0.15, -0.1) is 0 Å². The topological polar surface area (TPSA) is 87.0 Å². The summed E-state index contributed by atoms with van der Waals surface area (Å²) in [5.74, 6) is 0.0781. The van der Waals surface area contributed by atoms with Crippen molar-refractivity contribution in [1.82, 2.24) is 9.78 Å². The van der Waals surface area contributed by atoms with Crippen LogP contribution in [0.15, 0.2) is 24.3 Å². The Kier molecular flexibility index (Phi) is 3.94. The first-order chi connectivity index (χ1) is 9.45. The Morgan fingerprint density at radius 1 is 1.45 bits per heavy atom. The quantitative estimate of drug-likeness (QED) is 0.692. The lowest BCUT2D eigenvalue weighted by molar-refractivity contribution is -0.384. The molecule has 106 valence electrons. The molecule has 7 heteroatoms. The van der Waals surface area contributed by atoms with E-state index >= 15 is 0 Å². The van der Waals surface area contributed by atoms with Gasteiger partial charge in [0.25, 0.3) is 0 Å². The second kappa shape index (κ2) is 5.50. The summed E-state index contributed by atoms with van der Waals surface area (Å²) in [6.07, 6.45) is 0.712. The molecule has 1 unspecified atom stereocenters. The fourth-order valence-electron chi connectivity index (χ4n) is 2.25. The van der Waals surface area contributed by atoms with E-state index in [9.17, 15) is 10.1 Å². The number of hydrogen-bond donors (Lipinski definition) is 1. The van der Waals surface area contributed by atoms with Crippen LogP contribution in [0.2, 0.25) is 5.02 Å². The van der Waals surface area contributed by atoms with Crippen LogP contribution >= 0.6 is 11.6 Å². The first kappa shape index (κ1) is 14.3. The van der Waals surface area contributed by atoms with Crippen LogP contribution < -0.4 is 5.73 Å². The Morgan fingerprint density at radius 3 is 2.50 bits per heavy atom. The minimum absolute atomic E-state index is 0.0781. The Balaban J connectivity index is 2.50. The van der Waals surface area contributed by atoms with E-state index in [0.29, 0.717) is 17.1 Å². The highest BCUT2D eigenvalue weighted by atomic mass is 35.5. The van der Waals surface area contributed by atoms with Crippen LogP contribution in [-0.4, -0.2) is 14.7 Å². The van der Waals surface area contributed by atoms with Crippen molar-refractivity contribution >= 4 is 23.1 Å². The molecular weight excluding hydrogens is 280 g/mol. The number of nitrogen functional groups attached to an aromatic ring is 1. The monoisotopic (exact) mass is 294 g/mol. The van der Waals surface area contributed by atoms with Gasteiger partial charge in [0.15, 0.2) is 0 Å². The molecule has 0 saturated heterocycles. The smallest absolute Gasteiger partial charge is 0.333 e. The molecule has 6 nitrogen and oxygen atoms in total. The fraction of sp³-hybridized carbons (Fsp3) is 0.308. The molecule has 2 rings (SSSR count). The van der Waals surface area contributed by atoms with Crippen molar-refractivity contribution in [2.75, 3.05) is 5.73 Å². The summed E-state index contributed by atoms with van der Waals surface area (Å²) >= 11 is 5.87. The maximum atomic E-state index is 11.0. The molecule has 0 bridgehead atoms. The van der Waals surface area contributed by atoms with E-state index in [2.05, 4.69) is 5.10 Å². The number of aryl methyl sites for hydroxylation is 1. The molecule has 20 heavy (non-hydrogen) atoms. The van der Waals surface area contributed by atoms with Crippen LogP contribution in [-0.2, 0) is 0 Å². The lowest BCUT2D eigenvalue weighted by atomic mass is 10.1. The predicted octanol–water partition coefficient (Wildman–Crippen LogP) is 3.33. The van der Waals surface area contributed by atoms with Gasteiger partial charge in [-0.05, 0) is 31.0 Å². The summed E-state index contributed by atoms with van der Waals surface area (Å²) in [7, 11) is 0. The number of halogens is 1. The number of aromatic nitrogens is 2. The van der Waals surface area contributed by atoms with Gasteiger partial charge in [0.05, 0.1) is 11.0 Å². The number of rotatable bonds is 4. The van der Waals surface area contributed by atoms with E-state index < -0.39 is 4.92 Å². The molecule has 0 spiro atoms. The molecule has 0 radical (unpaired) electrons. The van der Waals surface area contributed by atoms with E-state index in [0.717, 1.165) is 5.56 Å².